The van der Waals surface area contributed by atoms with Gasteiger partial charge in [-0.2, -0.15) is 5.26 Å². The van der Waals surface area contributed by atoms with E-state index in [2.05, 4.69) is 50.4 Å². The van der Waals surface area contributed by atoms with Crippen LogP contribution >= 0.6 is 0 Å². The van der Waals surface area contributed by atoms with Crippen molar-refractivity contribution in [1.82, 2.24) is 0 Å². The van der Waals surface area contributed by atoms with E-state index >= 15 is 0 Å². The molecule has 2 aromatic rings. The SMILES string of the molecule is Cc1ccc(C#N)c(Nc2c(C)cccc2C(C)C)c1. The Bertz CT molecular complexity index is 664. The first-order valence-corrected chi connectivity index (χ1v) is 6.90. The van der Waals surface area contributed by atoms with E-state index in [0.717, 1.165) is 16.9 Å². The molecule has 2 heteroatoms. The topological polar surface area (TPSA) is 35.8 Å². The number of aryl methyl sites for hydroxylation is 2. The number of benzene rings is 2. The highest BCUT2D eigenvalue weighted by Gasteiger charge is 2.11. The summed E-state index contributed by atoms with van der Waals surface area (Å²) in [4.78, 5) is 0. The average molecular weight is 264 g/mol. The lowest BCUT2D eigenvalue weighted by Gasteiger charge is -2.18. The molecule has 0 bridgehead atoms. The Balaban J connectivity index is 2.50. The van der Waals surface area contributed by atoms with Crippen molar-refractivity contribution in [3.63, 3.8) is 0 Å². The van der Waals surface area contributed by atoms with Crippen LogP contribution in [0.3, 0.4) is 0 Å². The number of nitrogens with one attached hydrogen (secondary N) is 1. The molecule has 2 aromatic carbocycles. The van der Waals surface area contributed by atoms with Crippen molar-refractivity contribution in [2.24, 2.45) is 0 Å². The molecule has 0 spiro atoms. The van der Waals surface area contributed by atoms with Crippen molar-refractivity contribution >= 4 is 11.4 Å². The number of nitriles is 1. The smallest absolute Gasteiger partial charge is 0.101 e. The van der Waals surface area contributed by atoms with Crippen LogP contribution in [0.25, 0.3) is 0 Å². The Hall–Kier alpha value is -2.27. The molecule has 0 saturated carbocycles. The maximum absolute atomic E-state index is 9.25. The third-order valence-electron chi connectivity index (χ3n) is 3.48. The molecule has 102 valence electrons. The molecule has 0 aromatic heterocycles. The van der Waals surface area contributed by atoms with Gasteiger partial charge >= 0.3 is 0 Å². The van der Waals surface area contributed by atoms with Crippen molar-refractivity contribution in [3.05, 3.63) is 58.7 Å². The van der Waals surface area contributed by atoms with Gasteiger partial charge in [-0.05, 0) is 48.6 Å². The predicted octanol–water partition coefficient (Wildman–Crippen LogP) is 5.04. The number of hydrogen-bond acceptors (Lipinski definition) is 2. The summed E-state index contributed by atoms with van der Waals surface area (Å²) in [6.07, 6.45) is 0. The number of nitrogens with zero attached hydrogens (tertiary/aromatic N) is 1. The third kappa shape index (κ3) is 2.83. The van der Waals surface area contributed by atoms with Gasteiger partial charge in [-0.3, -0.25) is 0 Å². The van der Waals surface area contributed by atoms with E-state index in [1.807, 2.05) is 25.1 Å². The molecule has 0 saturated heterocycles. The number of anilines is 2. The summed E-state index contributed by atoms with van der Waals surface area (Å²) < 4.78 is 0. The van der Waals surface area contributed by atoms with Gasteiger partial charge in [0.15, 0.2) is 0 Å². The summed E-state index contributed by atoms with van der Waals surface area (Å²) in [5.74, 6) is 0.438. The van der Waals surface area contributed by atoms with Gasteiger partial charge in [0.05, 0.1) is 11.3 Å². The summed E-state index contributed by atoms with van der Waals surface area (Å²) in [6, 6.07) is 14.4. The fourth-order valence-corrected chi connectivity index (χ4v) is 2.34. The van der Waals surface area contributed by atoms with E-state index in [4.69, 9.17) is 0 Å². The maximum atomic E-state index is 9.25. The van der Waals surface area contributed by atoms with Gasteiger partial charge in [-0.15, -0.1) is 0 Å². The molecule has 0 fully saturated rings. The molecule has 0 amide bonds. The molecule has 0 aliphatic rings. The van der Waals surface area contributed by atoms with E-state index in [1.165, 1.54) is 11.1 Å². The number of hydrogen-bond donors (Lipinski definition) is 1. The average Bonchev–Trinajstić information content (AvgIpc) is 2.41. The molecule has 0 heterocycles. The minimum Gasteiger partial charge on any atom is -0.354 e. The minimum absolute atomic E-state index is 0.438. The van der Waals surface area contributed by atoms with Crippen molar-refractivity contribution in [2.45, 2.75) is 33.6 Å². The molecule has 0 atom stereocenters. The van der Waals surface area contributed by atoms with Crippen LogP contribution in [0.4, 0.5) is 11.4 Å². The highest BCUT2D eigenvalue weighted by atomic mass is 14.9. The van der Waals surface area contributed by atoms with E-state index < -0.39 is 0 Å². The van der Waals surface area contributed by atoms with E-state index in [1.54, 1.807) is 0 Å². The number of rotatable bonds is 3. The van der Waals surface area contributed by atoms with Crippen LogP contribution in [-0.2, 0) is 0 Å². The van der Waals surface area contributed by atoms with E-state index in [0.29, 0.717) is 11.5 Å². The molecule has 2 rings (SSSR count). The summed E-state index contributed by atoms with van der Waals surface area (Å²) in [5.41, 5.74) is 6.28. The zero-order chi connectivity index (χ0) is 14.7. The second kappa shape index (κ2) is 5.79. The van der Waals surface area contributed by atoms with Crippen LogP contribution in [0, 0.1) is 25.2 Å². The first kappa shape index (κ1) is 14.1. The molecule has 0 unspecified atom stereocenters. The monoisotopic (exact) mass is 264 g/mol. The second-order valence-electron chi connectivity index (χ2n) is 5.48. The molecule has 0 aliphatic heterocycles. The molecule has 20 heavy (non-hydrogen) atoms. The zero-order valence-electron chi connectivity index (χ0n) is 12.5. The predicted molar refractivity (Wildman–Crippen MR) is 84.4 cm³/mol. The van der Waals surface area contributed by atoms with Crippen LogP contribution in [-0.4, -0.2) is 0 Å². The zero-order valence-corrected chi connectivity index (χ0v) is 12.5. The minimum atomic E-state index is 0.438. The van der Waals surface area contributed by atoms with Crippen molar-refractivity contribution in [3.8, 4) is 6.07 Å². The van der Waals surface area contributed by atoms with Crippen LogP contribution in [0.5, 0.6) is 0 Å². The quantitative estimate of drug-likeness (QED) is 0.842. The van der Waals surface area contributed by atoms with Crippen molar-refractivity contribution < 1.29 is 0 Å². The Morgan fingerprint density at radius 3 is 2.50 bits per heavy atom. The van der Waals surface area contributed by atoms with E-state index in [-0.39, 0.29) is 0 Å². The largest absolute Gasteiger partial charge is 0.354 e. The molecule has 1 N–H and O–H groups in total. The first-order chi connectivity index (χ1) is 9.52. The van der Waals surface area contributed by atoms with Gasteiger partial charge < -0.3 is 5.32 Å². The van der Waals surface area contributed by atoms with Crippen molar-refractivity contribution in [2.75, 3.05) is 5.32 Å². The van der Waals surface area contributed by atoms with Crippen LogP contribution < -0.4 is 5.32 Å². The Morgan fingerprint density at radius 1 is 1.10 bits per heavy atom. The highest BCUT2D eigenvalue weighted by Crippen LogP contribution is 2.31. The van der Waals surface area contributed by atoms with Gasteiger partial charge in [0.25, 0.3) is 0 Å². The summed E-state index contributed by atoms with van der Waals surface area (Å²) >= 11 is 0. The fraction of sp³-hybridized carbons (Fsp3) is 0.278. The number of para-hydroxylation sites is 1. The Morgan fingerprint density at radius 2 is 1.85 bits per heavy atom. The van der Waals surface area contributed by atoms with Gasteiger partial charge in [0.2, 0.25) is 0 Å². The third-order valence-corrected chi connectivity index (χ3v) is 3.48. The summed E-state index contributed by atoms with van der Waals surface area (Å²) in [7, 11) is 0. The molecule has 0 aliphatic carbocycles. The van der Waals surface area contributed by atoms with E-state index in [9.17, 15) is 5.26 Å². The van der Waals surface area contributed by atoms with Crippen LogP contribution in [0.2, 0.25) is 0 Å². The lowest BCUT2D eigenvalue weighted by atomic mass is 9.97. The van der Waals surface area contributed by atoms with Gasteiger partial charge in [0.1, 0.15) is 6.07 Å². The lowest BCUT2D eigenvalue weighted by Crippen LogP contribution is -2.02. The van der Waals surface area contributed by atoms with Crippen LogP contribution in [0.15, 0.2) is 36.4 Å². The lowest BCUT2D eigenvalue weighted by molar-refractivity contribution is 0.867. The standard InChI is InChI=1S/C18H20N2/c1-12(2)16-7-5-6-14(4)18(16)20-17-10-13(3)8-9-15(17)11-19/h5-10,12,20H,1-4H3. The molecular weight excluding hydrogens is 244 g/mol. The van der Waals surface area contributed by atoms with Gasteiger partial charge in [-0.25, -0.2) is 0 Å². The molecule has 2 nitrogen and oxygen atoms in total. The highest BCUT2D eigenvalue weighted by molar-refractivity contribution is 5.72. The van der Waals surface area contributed by atoms with Gasteiger partial charge in [0, 0.05) is 5.69 Å². The molecular formula is C18H20N2. The van der Waals surface area contributed by atoms with Crippen molar-refractivity contribution in [1.29, 1.82) is 5.26 Å². The first-order valence-electron chi connectivity index (χ1n) is 6.90. The Kier molecular flexibility index (Phi) is 4.10. The Labute approximate surface area is 121 Å². The van der Waals surface area contributed by atoms with Gasteiger partial charge in [-0.1, -0.05) is 38.1 Å². The van der Waals surface area contributed by atoms with Crippen LogP contribution in [0.1, 0.15) is 42.0 Å². The summed E-state index contributed by atoms with van der Waals surface area (Å²) in [5, 5.41) is 12.7. The fourth-order valence-electron chi connectivity index (χ4n) is 2.34. The summed E-state index contributed by atoms with van der Waals surface area (Å²) in [6.45, 7) is 8.49. The normalized spacial score (nSPS) is 10.4. The second-order valence-corrected chi connectivity index (χ2v) is 5.48. The molecule has 0 radical (unpaired) electrons. The maximum Gasteiger partial charge on any atom is 0.101 e.